The minimum atomic E-state index is 0.804. The fourth-order valence-electron chi connectivity index (χ4n) is 5.86. The van der Waals surface area contributed by atoms with Crippen LogP contribution in [0.3, 0.4) is 0 Å². The summed E-state index contributed by atoms with van der Waals surface area (Å²) in [5.74, 6) is 0. The molecular weight excluding hydrogens is 434 g/mol. The third-order valence-electron chi connectivity index (χ3n) is 7.66. The highest BCUT2D eigenvalue weighted by Crippen LogP contribution is 2.36. The highest BCUT2D eigenvalue weighted by atomic mass is 15.3. The third kappa shape index (κ3) is 3.52. The summed E-state index contributed by atoms with van der Waals surface area (Å²) in [6, 6.07) is 45.0. The SMILES string of the molecule is C[N+](C)(Cc1ccccc1)c1cccc2cc3cc4cc5cc6ccccc6cc5cc4cc3cc12. The van der Waals surface area contributed by atoms with Gasteiger partial charge in [-0.1, -0.05) is 66.7 Å². The largest absolute Gasteiger partial charge is 0.292 e. The topological polar surface area (TPSA) is 0 Å². The minimum absolute atomic E-state index is 0.804. The van der Waals surface area contributed by atoms with Gasteiger partial charge >= 0.3 is 0 Å². The lowest BCUT2D eigenvalue weighted by atomic mass is 9.95. The van der Waals surface area contributed by atoms with E-state index in [1.165, 1.54) is 65.1 Å². The molecule has 0 aliphatic carbocycles. The van der Waals surface area contributed by atoms with Gasteiger partial charge in [-0.05, 0) is 103 Å². The van der Waals surface area contributed by atoms with Crippen molar-refractivity contribution in [3.8, 4) is 0 Å². The second-order valence-corrected chi connectivity index (χ2v) is 10.6. The van der Waals surface area contributed by atoms with Gasteiger partial charge in [0, 0.05) is 10.9 Å². The van der Waals surface area contributed by atoms with Crippen LogP contribution >= 0.6 is 0 Å². The van der Waals surface area contributed by atoms with E-state index in [2.05, 4.69) is 135 Å². The van der Waals surface area contributed by atoms with Gasteiger partial charge in [0.1, 0.15) is 12.2 Å². The van der Waals surface area contributed by atoms with Crippen LogP contribution in [0.1, 0.15) is 5.56 Å². The van der Waals surface area contributed by atoms with Gasteiger partial charge in [0.15, 0.2) is 0 Å². The Labute approximate surface area is 211 Å². The standard InChI is InChI=1S/C35H28N/c1-36(2,23-24-9-4-3-5-10-24)35-14-8-13-27-17-30-20-31-18-28-15-25-11-6-7-12-26(25)16-29(28)19-32(31)21-33(30)22-34(27)35/h3-22H,23H2,1-2H3/q+1. The molecule has 0 N–H and O–H groups in total. The molecule has 36 heavy (non-hydrogen) atoms. The number of benzene rings is 7. The highest BCUT2D eigenvalue weighted by Gasteiger charge is 2.22. The van der Waals surface area contributed by atoms with Crippen molar-refractivity contribution in [2.45, 2.75) is 6.54 Å². The predicted molar refractivity (Wildman–Crippen MR) is 158 cm³/mol. The molecular formula is C35H28N+. The number of nitrogens with zero attached hydrogens (tertiary/aromatic N) is 1. The molecule has 0 aliphatic rings. The number of hydrogen-bond acceptors (Lipinski definition) is 0. The van der Waals surface area contributed by atoms with Crippen LogP contribution in [0, 0.1) is 0 Å². The van der Waals surface area contributed by atoms with Gasteiger partial charge in [-0.3, -0.25) is 4.48 Å². The van der Waals surface area contributed by atoms with E-state index in [0.29, 0.717) is 0 Å². The molecule has 7 aromatic carbocycles. The minimum Gasteiger partial charge on any atom is -0.292 e. The molecule has 0 amide bonds. The van der Waals surface area contributed by atoms with Gasteiger partial charge in [-0.25, -0.2) is 0 Å². The van der Waals surface area contributed by atoms with E-state index in [9.17, 15) is 0 Å². The van der Waals surface area contributed by atoms with Gasteiger partial charge in [0.2, 0.25) is 0 Å². The molecule has 172 valence electrons. The summed E-state index contributed by atoms with van der Waals surface area (Å²) in [4.78, 5) is 0. The Bertz CT molecular complexity index is 1930. The molecule has 0 saturated carbocycles. The van der Waals surface area contributed by atoms with Gasteiger partial charge < -0.3 is 0 Å². The molecule has 1 heteroatoms. The Morgan fingerprint density at radius 2 is 0.861 bits per heavy atom. The summed E-state index contributed by atoms with van der Waals surface area (Å²) in [5, 5.41) is 13.0. The van der Waals surface area contributed by atoms with Crippen molar-refractivity contribution in [3.63, 3.8) is 0 Å². The van der Waals surface area contributed by atoms with Crippen LogP contribution in [0.2, 0.25) is 0 Å². The Kier molecular flexibility index (Phi) is 4.64. The highest BCUT2D eigenvalue weighted by molar-refractivity contribution is 6.11. The molecule has 0 unspecified atom stereocenters. The summed E-state index contributed by atoms with van der Waals surface area (Å²) in [7, 11) is 4.62. The van der Waals surface area contributed by atoms with Crippen LogP contribution in [-0.2, 0) is 6.54 Å². The fourth-order valence-corrected chi connectivity index (χ4v) is 5.86. The second-order valence-electron chi connectivity index (χ2n) is 10.6. The zero-order chi connectivity index (χ0) is 24.3. The van der Waals surface area contributed by atoms with Gasteiger partial charge in [-0.15, -0.1) is 0 Å². The lowest BCUT2D eigenvalue weighted by molar-refractivity contribution is 0.395. The van der Waals surface area contributed by atoms with E-state index >= 15 is 0 Å². The molecule has 0 aromatic heterocycles. The van der Waals surface area contributed by atoms with Gasteiger partial charge in [-0.2, -0.15) is 0 Å². The van der Waals surface area contributed by atoms with Crippen molar-refractivity contribution in [1.29, 1.82) is 0 Å². The first kappa shape index (κ1) is 21.1. The molecule has 0 bridgehead atoms. The smallest absolute Gasteiger partial charge is 0.140 e. The van der Waals surface area contributed by atoms with Crippen LogP contribution in [-0.4, -0.2) is 14.1 Å². The summed E-state index contributed by atoms with van der Waals surface area (Å²) in [6.07, 6.45) is 0. The molecule has 0 aliphatic heterocycles. The molecule has 1 nitrogen and oxygen atoms in total. The van der Waals surface area contributed by atoms with Crippen LogP contribution < -0.4 is 4.48 Å². The molecule has 0 radical (unpaired) electrons. The lowest BCUT2D eigenvalue weighted by Crippen LogP contribution is -2.39. The van der Waals surface area contributed by atoms with Crippen LogP contribution in [0.4, 0.5) is 5.69 Å². The van der Waals surface area contributed by atoms with E-state index in [4.69, 9.17) is 0 Å². The quantitative estimate of drug-likeness (QED) is 0.181. The van der Waals surface area contributed by atoms with Crippen molar-refractivity contribution < 1.29 is 0 Å². The summed E-state index contributed by atoms with van der Waals surface area (Å²) in [5.41, 5.74) is 2.70. The van der Waals surface area contributed by atoms with E-state index < -0.39 is 0 Å². The molecule has 7 aromatic rings. The first-order chi connectivity index (χ1) is 17.5. The van der Waals surface area contributed by atoms with Gasteiger partial charge in [0.25, 0.3) is 0 Å². The van der Waals surface area contributed by atoms with Crippen molar-refractivity contribution in [2.75, 3.05) is 14.1 Å². The molecule has 7 rings (SSSR count). The van der Waals surface area contributed by atoms with Crippen molar-refractivity contribution in [2.24, 2.45) is 0 Å². The Balaban J connectivity index is 1.42. The number of rotatable bonds is 3. The number of quaternary nitrogens is 1. The summed E-state index contributed by atoms with van der Waals surface area (Å²) < 4.78 is 0.804. The molecule has 0 spiro atoms. The number of hydrogen-bond donors (Lipinski definition) is 0. The first-order valence-corrected chi connectivity index (χ1v) is 12.6. The van der Waals surface area contributed by atoms with Gasteiger partial charge in [0.05, 0.1) is 14.1 Å². The third-order valence-corrected chi connectivity index (χ3v) is 7.66. The summed E-state index contributed by atoms with van der Waals surface area (Å²) >= 11 is 0. The van der Waals surface area contributed by atoms with Crippen molar-refractivity contribution in [1.82, 2.24) is 4.48 Å². The van der Waals surface area contributed by atoms with Crippen LogP contribution in [0.5, 0.6) is 0 Å². The predicted octanol–water partition coefficient (Wildman–Crippen LogP) is 9.22. The molecule has 0 atom stereocenters. The zero-order valence-corrected chi connectivity index (χ0v) is 20.7. The average Bonchev–Trinajstić information content (AvgIpc) is 2.88. The fraction of sp³-hybridized carbons (Fsp3) is 0.0857. The maximum atomic E-state index is 2.40. The van der Waals surface area contributed by atoms with Crippen molar-refractivity contribution in [3.05, 3.63) is 127 Å². The Morgan fingerprint density at radius 1 is 0.417 bits per heavy atom. The lowest BCUT2D eigenvalue weighted by Gasteiger charge is -2.30. The van der Waals surface area contributed by atoms with Crippen LogP contribution in [0.15, 0.2) is 121 Å². The summed E-state index contributed by atoms with van der Waals surface area (Å²) in [6.45, 7) is 0.954. The average molecular weight is 463 g/mol. The Morgan fingerprint density at radius 3 is 1.44 bits per heavy atom. The maximum Gasteiger partial charge on any atom is 0.140 e. The number of fused-ring (bicyclic) bond motifs is 5. The Hall–Kier alpha value is -4.20. The van der Waals surface area contributed by atoms with E-state index in [1.807, 2.05) is 0 Å². The maximum absolute atomic E-state index is 2.40. The van der Waals surface area contributed by atoms with E-state index in [0.717, 1.165) is 11.0 Å². The monoisotopic (exact) mass is 462 g/mol. The first-order valence-electron chi connectivity index (χ1n) is 12.6. The molecule has 0 saturated heterocycles. The molecule has 0 heterocycles. The second kappa shape index (κ2) is 7.91. The van der Waals surface area contributed by atoms with E-state index in [1.54, 1.807) is 0 Å². The zero-order valence-electron chi connectivity index (χ0n) is 20.7. The van der Waals surface area contributed by atoms with Crippen molar-refractivity contribution >= 4 is 59.5 Å². The normalized spacial score (nSPS) is 12.3. The molecule has 0 fully saturated rings. The van der Waals surface area contributed by atoms with E-state index in [-0.39, 0.29) is 0 Å². The van der Waals surface area contributed by atoms with Crippen LogP contribution in [0.25, 0.3) is 53.9 Å².